The fourth-order valence-electron chi connectivity index (χ4n) is 2.19. The van der Waals surface area contributed by atoms with Crippen molar-refractivity contribution in [3.63, 3.8) is 0 Å². The molecule has 0 spiro atoms. The van der Waals surface area contributed by atoms with Crippen LogP contribution < -0.4 is 0 Å². The Morgan fingerprint density at radius 1 is 1.45 bits per heavy atom. The monoisotopic (exact) mass is 150 g/mol. The van der Waals surface area contributed by atoms with E-state index in [0.717, 1.165) is 12.0 Å². The van der Waals surface area contributed by atoms with Crippen molar-refractivity contribution in [2.75, 3.05) is 0 Å². The van der Waals surface area contributed by atoms with Crippen LogP contribution in [-0.2, 0) is 0 Å². The van der Waals surface area contributed by atoms with Crippen LogP contribution in [0, 0.1) is 5.92 Å². The van der Waals surface area contributed by atoms with Crippen LogP contribution in [0.4, 0.5) is 0 Å². The van der Waals surface area contributed by atoms with Crippen molar-refractivity contribution in [3.05, 3.63) is 23.8 Å². The highest BCUT2D eigenvalue weighted by molar-refractivity contribution is 5.36. The second kappa shape index (κ2) is 2.49. The summed E-state index contributed by atoms with van der Waals surface area (Å²) < 4.78 is 0. The summed E-state index contributed by atoms with van der Waals surface area (Å²) in [6, 6.07) is 0. The van der Waals surface area contributed by atoms with Crippen molar-refractivity contribution in [3.8, 4) is 0 Å². The van der Waals surface area contributed by atoms with E-state index in [0.29, 0.717) is 5.92 Å². The summed E-state index contributed by atoms with van der Waals surface area (Å²) in [6.07, 6.45) is 6.74. The first-order valence-corrected chi connectivity index (χ1v) is 4.36. The summed E-state index contributed by atoms with van der Waals surface area (Å²) in [5, 5.41) is 9.64. The number of aliphatic hydroxyl groups excluding tert-OH is 1. The van der Waals surface area contributed by atoms with Gasteiger partial charge in [0.1, 0.15) is 0 Å². The average Bonchev–Trinajstić information content (AvgIpc) is 2.30. The van der Waals surface area contributed by atoms with E-state index >= 15 is 0 Å². The van der Waals surface area contributed by atoms with E-state index in [9.17, 15) is 5.11 Å². The first-order chi connectivity index (χ1) is 5.29. The Kier molecular flexibility index (Phi) is 1.61. The molecular weight excluding hydrogens is 136 g/mol. The molecule has 0 heterocycles. The lowest BCUT2D eigenvalue weighted by Crippen LogP contribution is -2.20. The van der Waals surface area contributed by atoms with Crippen LogP contribution in [0.15, 0.2) is 23.8 Å². The maximum atomic E-state index is 9.64. The van der Waals surface area contributed by atoms with Gasteiger partial charge in [0.2, 0.25) is 0 Å². The molecule has 0 aromatic heterocycles. The van der Waals surface area contributed by atoms with Gasteiger partial charge in [0.15, 0.2) is 0 Å². The van der Waals surface area contributed by atoms with Crippen molar-refractivity contribution < 1.29 is 5.11 Å². The molecule has 11 heavy (non-hydrogen) atoms. The van der Waals surface area contributed by atoms with Gasteiger partial charge in [0, 0.05) is 5.92 Å². The number of fused-ring (bicyclic) bond motifs is 1. The predicted molar refractivity (Wildman–Crippen MR) is 45.2 cm³/mol. The molecule has 2 aliphatic carbocycles. The van der Waals surface area contributed by atoms with Gasteiger partial charge in [0.25, 0.3) is 0 Å². The summed E-state index contributed by atoms with van der Waals surface area (Å²) in [4.78, 5) is 0. The SMILES string of the molecule is C=C1C=C2CCCCC2C1O. The molecule has 1 saturated carbocycles. The Hall–Kier alpha value is -0.560. The Bertz CT molecular complexity index is 215. The van der Waals surface area contributed by atoms with Crippen molar-refractivity contribution in [2.24, 2.45) is 5.92 Å². The van der Waals surface area contributed by atoms with Gasteiger partial charge >= 0.3 is 0 Å². The van der Waals surface area contributed by atoms with Gasteiger partial charge < -0.3 is 5.11 Å². The Morgan fingerprint density at radius 2 is 2.27 bits per heavy atom. The van der Waals surface area contributed by atoms with Crippen molar-refractivity contribution in [2.45, 2.75) is 31.8 Å². The molecule has 2 unspecified atom stereocenters. The third-order valence-corrected chi connectivity index (χ3v) is 2.84. The molecule has 2 atom stereocenters. The number of hydrogen-bond donors (Lipinski definition) is 1. The predicted octanol–water partition coefficient (Wildman–Crippen LogP) is 2.03. The minimum Gasteiger partial charge on any atom is -0.388 e. The van der Waals surface area contributed by atoms with Crippen LogP contribution in [0.3, 0.4) is 0 Å². The highest BCUT2D eigenvalue weighted by atomic mass is 16.3. The van der Waals surface area contributed by atoms with Gasteiger partial charge in [-0.1, -0.05) is 24.6 Å². The summed E-state index contributed by atoms with van der Waals surface area (Å²) >= 11 is 0. The molecular formula is C10H14O. The molecule has 0 aromatic rings. The second-order valence-electron chi connectivity index (χ2n) is 3.59. The zero-order valence-electron chi connectivity index (χ0n) is 6.71. The van der Waals surface area contributed by atoms with E-state index in [1.807, 2.05) is 0 Å². The molecule has 0 bridgehead atoms. The van der Waals surface area contributed by atoms with Crippen molar-refractivity contribution >= 4 is 0 Å². The lowest BCUT2D eigenvalue weighted by Gasteiger charge is -2.23. The van der Waals surface area contributed by atoms with Gasteiger partial charge in [0.05, 0.1) is 6.10 Å². The number of aliphatic hydroxyl groups is 1. The first-order valence-electron chi connectivity index (χ1n) is 4.36. The van der Waals surface area contributed by atoms with E-state index in [2.05, 4.69) is 12.7 Å². The fourth-order valence-corrected chi connectivity index (χ4v) is 2.19. The van der Waals surface area contributed by atoms with Gasteiger partial charge in [-0.25, -0.2) is 0 Å². The van der Waals surface area contributed by atoms with E-state index in [1.165, 1.54) is 24.8 Å². The van der Waals surface area contributed by atoms with E-state index in [1.54, 1.807) is 0 Å². The van der Waals surface area contributed by atoms with E-state index in [-0.39, 0.29) is 6.10 Å². The van der Waals surface area contributed by atoms with Crippen LogP contribution in [0.25, 0.3) is 0 Å². The molecule has 0 aliphatic heterocycles. The highest BCUT2D eigenvalue weighted by Crippen LogP contribution is 2.39. The third-order valence-electron chi connectivity index (χ3n) is 2.84. The largest absolute Gasteiger partial charge is 0.388 e. The minimum atomic E-state index is -0.259. The Labute approximate surface area is 67.4 Å². The molecule has 0 aromatic carbocycles. The first kappa shape index (κ1) is 7.11. The van der Waals surface area contributed by atoms with Crippen LogP contribution in [0.5, 0.6) is 0 Å². The van der Waals surface area contributed by atoms with E-state index < -0.39 is 0 Å². The molecule has 2 rings (SSSR count). The number of hydrogen-bond acceptors (Lipinski definition) is 1. The maximum absolute atomic E-state index is 9.64. The summed E-state index contributed by atoms with van der Waals surface area (Å²) in [5.41, 5.74) is 2.36. The van der Waals surface area contributed by atoms with Gasteiger partial charge in [-0.05, 0) is 24.8 Å². The Balaban J connectivity index is 2.22. The fraction of sp³-hybridized carbons (Fsp3) is 0.600. The standard InChI is InChI=1S/C10H14O/c1-7-6-8-4-2-3-5-9(8)10(7)11/h6,9-11H,1-5H2. The molecule has 0 saturated heterocycles. The van der Waals surface area contributed by atoms with Crippen molar-refractivity contribution in [1.29, 1.82) is 0 Å². The maximum Gasteiger partial charge on any atom is 0.0849 e. The van der Waals surface area contributed by atoms with E-state index in [4.69, 9.17) is 0 Å². The molecule has 2 aliphatic rings. The van der Waals surface area contributed by atoms with Crippen LogP contribution in [0.1, 0.15) is 25.7 Å². The molecule has 1 N–H and O–H groups in total. The van der Waals surface area contributed by atoms with Crippen LogP contribution in [-0.4, -0.2) is 11.2 Å². The van der Waals surface area contributed by atoms with Crippen molar-refractivity contribution in [1.82, 2.24) is 0 Å². The zero-order valence-corrected chi connectivity index (χ0v) is 6.71. The van der Waals surface area contributed by atoms with Crippen LogP contribution >= 0.6 is 0 Å². The lowest BCUT2D eigenvalue weighted by atomic mass is 9.85. The summed E-state index contributed by atoms with van der Waals surface area (Å²) in [7, 11) is 0. The smallest absolute Gasteiger partial charge is 0.0849 e. The quantitative estimate of drug-likeness (QED) is 0.560. The molecule has 1 fully saturated rings. The topological polar surface area (TPSA) is 20.2 Å². The highest BCUT2D eigenvalue weighted by Gasteiger charge is 2.31. The van der Waals surface area contributed by atoms with Gasteiger partial charge in [-0.3, -0.25) is 0 Å². The van der Waals surface area contributed by atoms with Gasteiger partial charge in [-0.2, -0.15) is 0 Å². The molecule has 60 valence electrons. The minimum absolute atomic E-state index is 0.259. The lowest BCUT2D eigenvalue weighted by molar-refractivity contribution is 0.157. The average molecular weight is 150 g/mol. The zero-order chi connectivity index (χ0) is 7.84. The number of rotatable bonds is 0. The normalized spacial score (nSPS) is 36.8. The summed E-state index contributed by atoms with van der Waals surface area (Å²) in [6.45, 7) is 3.83. The summed E-state index contributed by atoms with van der Waals surface area (Å²) in [5.74, 6) is 0.427. The molecule has 1 heteroatoms. The van der Waals surface area contributed by atoms with Gasteiger partial charge in [-0.15, -0.1) is 0 Å². The van der Waals surface area contributed by atoms with Crippen LogP contribution in [0.2, 0.25) is 0 Å². The molecule has 0 amide bonds. The molecule has 1 nitrogen and oxygen atoms in total. The third kappa shape index (κ3) is 1.04. The second-order valence-corrected chi connectivity index (χ2v) is 3.59. The Morgan fingerprint density at radius 3 is 3.00 bits per heavy atom. The molecule has 0 radical (unpaired) electrons.